The Morgan fingerprint density at radius 3 is 2.26 bits per heavy atom. The van der Waals surface area contributed by atoms with Crippen LogP contribution in [0.5, 0.6) is 0 Å². The van der Waals surface area contributed by atoms with Crippen LogP contribution in [-0.4, -0.2) is 59.1 Å². The molecular weight excluding hydrogens is 346 g/mol. The van der Waals surface area contributed by atoms with Crippen LogP contribution < -0.4 is 5.32 Å². The van der Waals surface area contributed by atoms with Gasteiger partial charge in [0, 0.05) is 45.3 Å². The van der Waals surface area contributed by atoms with Crippen LogP contribution in [0, 0.1) is 0 Å². The summed E-state index contributed by atoms with van der Waals surface area (Å²) in [6, 6.07) is 8.93. The van der Waals surface area contributed by atoms with Gasteiger partial charge in [0.25, 0.3) is 0 Å². The molecular formula is C20H25N3O4. The molecule has 144 valence electrons. The zero-order valence-corrected chi connectivity index (χ0v) is 15.4. The molecule has 2 fully saturated rings. The van der Waals surface area contributed by atoms with E-state index in [9.17, 15) is 19.2 Å². The summed E-state index contributed by atoms with van der Waals surface area (Å²) in [6.45, 7) is 1.51. The zero-order chi connectivity index (χ0) is 19.2. The highest BCUT2D eigenvalue weighted by Crippen LogP contribution is 2.14. The molecule has 0 radical (unpaired) electrons. The number of nitrogens with one attached hydrogen (secondary N) is 1. The lowest BCUT2D eigenvalue weighted by molar-refractivity contribution is -0.139. The van der Waals surface area contributed by atoms with Crippen molar-refractivity contribution in [2.24, 2.45) is 0 Å². The maximum Gasteiger partial charge on any atom is 0.245 e. The van der Waals surface area contributed by atoms with Gasteiger partial charge in [0.1, 0.15) is 6.04 Å². The van der Waals surface area contributed by atoms with Crippen molar-refractivity contribution in [1.82, 2.24) is 15.1 Å². The first-order valence-corrected chi connectivity index (χ1v) is 9.50. The number of benzene rings is 1. The van der Waals surface area contributed by atoms with Gasteiger partial charge in [-0.3, -0.25) is 24.1 Å². The second-order valence-corrected chi connectivity index (χ2v) is 7.03. The average Bonchev–Trinajstić information content (AvgIpc) is 3.30. The molecule has 0 bridgehead atoms. The largest absolute Gasteiger partial charge is 0.344 e. The van der Waals surface area contributed by atoms with E-state index in [4.69, 9.17) is 0 Å². The third kappa shape index (κ3) is 4.93. The first-order valence-electron chi connectivity index (χ1n) is 9.50. The minimum absolute atomic E-state index is 0.00997. The lowest BCUT2D eigenvalue weighted by Gasteiger charge is -2.24. The molecule has 27 heavy (non-hydrogen) atoms. The Balaban J connectivity index is 1.61. The molecule has 2 aliphatic heterocycles. The van der Waals surface area contributed by atoms with E-state index in [1.807, 2.05) is 30.3 Å². The van der Waals surface area contributed by atoms with Gasteiger partial charge < -0.3 is 10.2 Å². The minimum atomic E-state index is -0.636. The van der Waals surface area contributed by atoms with Crippen molar-refractivity contribution in [3.8, 4) is 0 Å². The molecule has 2 heterocycles. The smallest absolute Gasteiger partial charge is 0.245 e. The Morgan fingerprint density at radius 1 is 1.00 bits per heavy atom. The molecule has 0 aromatic heterocycles. The van der Waals surface area contributed by atoms with Crippen molar-refractivity contribution in [3.05, 3.63) is 35.9 Å². The van der Waals surface area contributed by atoms with E-state index >= 15 is 0 Å². The van der Waals surface area contributed by atoms with Crippen LogP contribution in [0.4, 0.5) is 0 Å². The normalized spacial score (nSPS) is 18.1. The van der Waals surface area contributed by atoms with Crippen LogP contribution in [0.2, 0.25) is 0 Å². The predicted molar refractivity (Wildman–Crippen MR) is 98.5 cm³/mol. The molecule has 0 spiro atoms. The number of rotatable bonds is 7. The number of hydrogen-bond donors (Lipinski definition) is 1. The van der Waals surface area contributed by atoms with Crippen molar-refractivity contribution < 1.29 is 19.2 Å². The number of carbonyl (C=O) groups is 4. The highest BCUT2D eigenvalue weighted by atomic mass is 16.2. The Morgan fingerprint density at radius 2 is 1.63 bits per heavy atom. The molecule has 1 aromatic rings. The van der Waals surface area contributed by atoms with Crippen LogP contribution in [0.25, 0.3) is 0 Å². The topological polar surface area (TPSA) is 86.8 Å². The van der Waals surface area contributed by atoms with Crippen LogP contribution in [-0.2, 0) is 25.6 Å². The molecule has 2 saturated heterocycles. The second kappa shape index (κ2) is 8.79. The van der Waals surface area contributed by atoms with Gasteiger partial charge in [-0.1, -0.05) is 30.3 Å². The summed E-state index contributed by atoms with van der Waals surface area (Å²) in [7, 11) is 0. The van der Waals surface area contributed by atoms with E-state index in [1.165, 1.54) is 0 Å². The Labute approximate surface area is 158 Å². The van der Waals surface area contributed by atoms with E-state index in [2.05, 4.69) is 5.32 Å². The van der Waals surface area contributed by atoms with Crippen LogP contribution in [0.15, 0.2) is 30.3 Å². The molecule has 0 aliphatic carbocycles. The first kappa shape index (κ1) is 19.1. The van der Waals surface area contributed by atoms with Crippen molar-refractivity contribution in [3.63, 3.8) is 0 Å². The summed E-state index contributed by atoms with van der Waals surface area (Å²) in [4.78, 5) is 51.5. The molecule has 1 atom stereocenters. The Bertz CT molecular complexity index is 697. The molecule has 1 aromatic carbocycles. The third-order valence-electron chi connectivity index (χ3n) is 5.05. The number of nitrogens with zero attached hydrogens (tertiary/aromatic N) is 2. The van der Waals surface area contributed by atoms with Crippen LogP contribution in [0.3, 0.4) is 0 Å². The van der Waals surface area contributed by atoms with Crippen LogP contribution >= 0.6 is 0 Å². The fourth-order valence-electron chi connectivity index (χ4n) is 3.56. The standard InChI is InChI=1S/C20H25N3O4/c24-17(10-13-23-18(25)8-9-19(23)26)21-16(14-15-6-2-1-3-7-15)20(27)22-11-4-5-12-22/h1-3,6-7,16H,4-5,8-14H2,(H,21,24). The number of carbonyl (C=O) groups excluding carboxylic acids is 4. The molecule has 3 rings (SSSR count). The zero-order valence-electron chi connectivity index (χ0n) is 15.4. The second-order valence-electron chi connectivity index (χ2n) is 7.03. The Hall–Kier alpha value is -2.70. The fourth-order valence-corrected chi connectivity index (χ4v) is 3.56. The van der Waals surface area contributed by atoms with Crippen molar-refractivity contribution in [1.29, 1.82) is 0 Å². The van der Waals surface area contributed by atoms with E-state index in [-0.39, 0.29) is 49.4 Å². The number of amides is 4. The maximum atomic E-state index is 12.8. The van der Waals surface area contributed by atoms with Crippen molar-refractivity contribution >= 4 is 23.6 Å². The van der Waals surface area contributed by atoms with Gasteiger partial charge in [-0.2, -0.15) is 0 Å². The van der Waals surface area contributed by atoms with Crippen molar-refractivity contribution in [2.45, 2.75) is 44.6 Å². The lowest BCUT2D eigenvalue weighted by Crippen LogP contribution is -2.49. The lowest BCUT2D eigenvalue weighted by atomic mass is 10.0. The molecule has 1 unspecified atom stereocenters. The molecule has 1 N–H and O–H groups in total. The van der Waals surface area contributed by atoms with Gasteiger partial charge in [-0.25, -0.2) is 0 Å². The van der Waals surface area contributed by atoms with Gasteiger partial charge in [0.05, 0.1) is 0 Å². The third-order valence-corrected chi connectivity index (χ3v) is 5.05. The molecule has 0 saturated carbocycles. The Kier molecular flexibility index (Phi) is 6.21. The highest BCUT2D eigenvalue weighted by Gasteiger charge is 2.31. The van der Waals surface area contributed by atoms with Crippen LogP contribution in [0.1, 0.15) is 37.7 Å². The predicted octanol–water partition coefficient (Wildman–Crippen LogP) is 0.875. The van der Waals surface area contributed by atoms with Crippen molar-refractivity contribution in [2.75, 3.05) is 19.6 Å². The summed E-state index contributed by atoms with van der Waals surface area (Å²) < 4.78 is 0. The number of hydrogen-bond acceptors (Lipinski definition) is 4. The van der Waals surface area contributed by atoms with E-state index in [1.54, 1.807) is 4.90 Å². The van der Waals surface area contributed by atoms with E-state index in [0.29, 0.717) is 6.42 Å². The van der Waals surface area contributed by atoms with E-state index < -0.39 is 6.04 Å². The summed E-state index contributed by atoms with van der Waals surface area (Å²) in [6.07, 6.45) is 2.82. The number of imide groups is 1. The fraction of sp³-hybridized carbons (Fsp3) is 0.500. The SMILES string of the molecule is O=C(CCN1C(=O)CCC1=O)NC(Cc1ccccc1)C(=O)N1CCCC1. The molecule has 7 nitrogen and oxygen atoms in total. The summed E-state index contributed by atoms with van der Waals surface area (Å²) >= 11 is 0. The van der Waals surface area contributed by atoms with Gasteiger partial charge in [0.2, 0.25) is 23.6 Å². The maximum absolute atomic E-state index is 12.8. The minimum Gasteiger partial charge on any atom is -0.344 e. The van der Waals surface area contributed by atoms with Gasteiger partial charge in [-0.15, -0.1) is 0 Å². The first-order chi connectivity index (χ1) is 13.0. The summed E-state index contributed by atoms with van der Waals surface area (Å²) in [5.41, 5.74) is 0.972. The molecule has 4 amide bonds. The quantitative estimate of drug-likeness (QED) is 0.721. The summed E-state index contributed by atoms with van der Waals surface area (Å²) in [5.74, 6) is -0.863. The van der Waals surface area contributed by atoms with E-state index in [0.717, 1.165) is 36.4 Å². The highest BCUT2D eigenvalue weighted by molar-refractivity contribution is 6.02. The molecule has 2 aliphatic rings. The monoisotopic (exact) mass is 371 g/mol. The molecule has 7 heteroatoms. The van der Waals surface area contributed by atoms with Gasteiger partial charge >= 0.3 is 0 Å². The number of likely N-dealkylation sites (tertiary alicyclic amines) is 2. The van der Waals surface area contributed by atoms with Gasteiger partial charge in [0.15, 0.2) is 0 Å². The average molecular weight is 371 g/mol. The summed E-state index contributed by atoms with van der Waals surface area (Å²) in [5, 5.41) is 2.82. The van der Waals surface area contributed by atoms with Gasteiger partial charge in [-0.05, 0) is 18.4 Å².